The van der Waals surface area contributed by atoms with Gasteiger partial charge in [-0.3, -0.25) is 4.79 Å². The highest BCUT2D eigenvalue weighted by Gasteiger charge is 2.33. The lowest BCUT2D eigenvalue weighted by Gasteiger charge is -2.32. The number of carbonyl (C=O) groups excluding carboxylic acids is 1. The maximum Gasteiger partial charge on any atom is 0.326 e. The average Bonchev–Trinajstić information content (AvgIpc) is 3.05. The first-order chi connectivity index (χ1) is 10.7. The fourth-order valence-corrected chi connectivity index (χ4v) is 2.63. The van der Waals surface area contributed by atoms with Crippen molar-refractivity contribution in [2.45, 2.75) is 25.3 Å². The molecule has 1 atom stereocenters. The van der Waals surface area contributed by atoms with Gasteiger partial charge in [-0.1, -0.05) is 18.2 Å². The van der Waals surface area contributed by atoms with Gasteiger partial charge < -0.3 is 10.0 Å². The molecule has 1 aromatic carbocycles. The zero-order valence-electron chi connectivity index (χ0n) is 11.9. The maximum absolute atomic E-state index is 12.5. The molecule has 1 aliphatic rings. The van der Waals surface area contributed by atoms with Crippen molar-refractivity contribution in [1.29, 1.82) is 0 Å². The number of para-hydroxylation sites is 1. The van der Waals surface area contributed by atoms with E-state index in [-0.39, 0.29) is 11.6 Å². The van der Waals surface area contributed by atoms with Crippen molar-refractivity contribution in [2.24, 2.45) is 0 Å². The number of likely N-dealkylation sites (tertiary alicyclic amines) is 1. The Hall–Kier alpha value is -2.70. The average molecular weight is 300 g/mol. The van der Waals surface area contributed by atoms with E-state index in [9.17, 15) is 14.7 Å². The Morgan fingerprint density at radius 3 is 2.68 bits per heavy atom. The van der Waals surface area contributed by atoms with Crippen LogP contribution in [0.3, 0.4) is 0 Å². The zero-order chi connectivity index (χ0) is 15.5. The van der Waals surface area contributed by atoms with Crippen molar-refractivity contribution in [3.8, 4) is 5.69 Å². The highest BCUT2D eigenvalue weighted by molar-refractivity contribution is 5.94. The molecule has 114 valence electrons. The summed E-state index contributed by atoms with van der Waals surface area (Å²) in [5.41, 5.74) is 0.909. The number of aromatic nitrogens is 3. The minimum Gasteiger partial charge on any atom is -0.480 e. The monoisotopic (exact) mass is 300 g/mol. The van der Waals surface area contributed by atoms with Crippen LogP contribution >= 0.6 is 0 Å². The summed E-state index contributed by atoms with van der Waals surface area (Å²) < 4.78 is 0. The Morgan fingerprint density at radius 2 is 1.95 bits per heavy atom. The molecular formula is C15H16N4O3. The first-order valence-electron chi connectivity index (χ1n) is 7.18. The summed E-state index contributed by atoms with van der Waals surface area (Å²) in [6.45, 7) is 0.438. The van der Waals surface area contributed by atoms with E-state index in [1.807, 2.05) is 30.3 Å². The van der Waals surface area contributed by atoms with E-state index >= 15 is 0 Å². The molecule has 3 rings (SSSR count). The molecule has 1 aromatic heterocycles. The second kappa shape index (κ2) is 5.97. The van der Waals surface area contributed by atoms with Crippen LogP contribution in [0.2, 0.25) is 0 Å². The molecule has 0 aliphatic carbocycles. The third-order valence-electron chi connectivity index (χ3n) is 3.75. The van der Waals surface area contributed by atoms with Crippen LogP contribution in [0.1, 0.15) is 29.8 Å². The molecule has 0 spiro atoms. The smallest absolute Gasteiger partial charge is 0.326 e. The number of benzene rings is 1. The summed E-state index contributed by atoms with van der Waals surface area (Å²) in [6.07, 6.45) is 3.48. The Balaban J connectivity index is 1.83. The van der Waals surface area contributed by atoms with Crippen LogP contribution in [0.4, 0.5) is 0 Å². The van der Waals surface area contributed by atoms with E-state index in [2.05, 4.69) is 10.2 Å². The van der Waals surface area contributed by atoms with Crippen LogP contribution in [0.5, 0.6) is 0 Å². The van der Waals surface area contributed by atoms with Gasteiger partial charge in [-0.2, -0.15) is 9.90 Å². The SMILES string of the molecule is O=C(O)[C@@H]1CCCCN1C(=O)c1cnn(-c2ccccc2)n1. The van der Waals surface area contributed by atoms with Crippen molar-refractivity contribution in [2.75, 3.05) is 6.54 Å². The number of carboxylic acid groups (broad SMARTS) is 1. The van der Waals surface area contributed by atoms with Crippen LogP contribution in [-0.2, 0) is 4.79 Å². The number of piperidine rings is 1. The molecule has 0 radical (unpaired) electrons. The number of carbonyl (C=O) groups is 2. The molecule has 1 amide bonds. The molecule has 22 heavy (non-hydrogen) atoms. The molecule has 7 nitrogen and oxygen atoms in total. The quantitative estimate of drug-likeness (QED) is 0.924. The van der Waals surface area contributed by atoms with E-state index in [0.717, 1.165) is 18.5 Å². The molecule has 2 heterocycles. The number of aliphatic carboxylic acids is 1. The van der Waals surface area contributed by atoms with Crippen LogP contribution in [0.25, 0.3) is 5.69 Å². The Labute approximate surface area is 127 Å². The number of nitrogens with zero attached hydrogens (tertiary/aromatic N) is 4. The lowest BCUT2D eigenvalue weighted by molar-refractivity contribution is -0.143. The van der Waals surface area contributed by atoms with E-state index < -0.39 is 12.0 Å². The highest BCUT2D eigenvalue weighted by atomic mass is 16.4. The van der Waals surface area contributed by atoms with Gasteiger partial charge in [0.1, 0.15) is 6.04 Å². The number of hydrogen-bond acceptors (Lipinski definition) is 4. The van der Waals surface area contributed by atoms with Crippen LogP contribution < -0.4 is 0 Å². The Morgan fingerprint density at radius 1 is 1.18 bits per heavy atom. The van der Waals surface area contributed by atoms with Crippen molar-refractivity contribution in [1.82, 2.24) is 19.9 Å². The number of hydrogen-bond donors (Lipinski definition) is 1. The summed E-state index contributed by atoms with van der Waals surface area (Å²) in [7, 11) is 0. The van der Waals surface area contributed by atoms with Gasteiger partial charge >= 0.3 is 5.97 Å². The summed E-state index contributed by atoms with van der Waals surface area (Å²) in [4.78, 5) is 26.5. The van der Waals surface area contributed by atoms with Crippen LogP contribution in [0.15, 0.2) is 36.5 Å². The molecule has 7 heteroatoms. The van der Waals surface area contributed by atoms with E-state index in [0.29, 0.717) is 13.0 Å². The van der Waals surface area contributed by atoms with Crippen molar-refractivity contribution in [3.05, 3.63) is 42.2 Å². The fraction of sp³-hybridized carbons (Fsp3) is 0.333. The van der Waals surface area contributed by atoms with Crippen molar-refractivity contribution >= 4 is 11.9 Å². The van der Waals surface area contributed by atoms with E-state index in [4.69, 9.17) is 0 Å². The van der Waals surface area contributed by atoms with E-state index in [1.165, 1.54) is 15.9 Å². The molecule has 1 aliphatic heterocycles. The zero-order valence-corrected chi connectivity index (χ0v) is 11.9. The normalized spacial score (nSPS) is 18.2. The molecule has 2 aromatic rings. The third kappa shape index (κ3) is 2.69. The molecule has 0 bridgehead atoms. The number of amides is 1. The van der Waals surface area contributed by atoms with Gasteiger partial charge in [0.25, 0.3) is 5.91 Å². The van der Waals surface area contributed by atoms with E-state index in [1.54, 1.807) is 0 Å². The summed E-state index contributed by atoms with van der Waals surface area (Å²) in [5, 5.41) is 17.5. The van der Waals surface area contributed by atoms with Crippen molar-refractivity contribution in [3.63, 3.8) is 0 Å². The molecular weight excluding hydrogens is 284 g/mol. The molecule has 0 saturated carbocycles. The van der Waals surface area contributed by atoms with Gasteiger partial charge in [0.05, 0.1) is 11.9 Å². The molecule has 1 fully saturated rings. The predicted octanol–water partition coefficient (Wildman–Crippen LogP) is 1.35. The lowest BCUT2D eigenvalue weighted by Crippen LogP contribution is -2.48. The lowest BCUT2D eigenvalue weighted by atomic mass is 10.0. The van der Waals surface area contributed by atoms with Crippen LogP contribution in [-0.4, -0.2) is 49.5 Å². The first-order valence-corrected chi connectivity index (χ1v) is 7.18. The molecule has 1 N–H and O–H groups in total. The second-order valence-corrected chi connectivity index (χ2v) is 5.20. The largest absolute Gasteiger partial charge is 0.480 e. The third-order valence-corrected chi connectivity index (χ3v) is 3.75. The van der Waals surface area contributed by atoms with Gasteiger partial charge in [-0.15, -0.1) is 5.10 Å². The Bertz CT molecular complexity index is 683. The summed E-state index contributed by atoms with van der Waals surface area (Å²) in [6, 6.07) is 8.47. The van der Waals surface area contributed by atoms with Gasteiger partial charge in [0.15, 0.2) is 5.69 Å². The van der Waals surface area contributed by atoms with Gasteiger partial charge in [0.2, 0.25) is 0 Å². The summed E-state index contributed by atoms with van der Waals surface area (Å²) >= 11 is 0. The standard InChI is InChI=1S/C15H16N4O3/c20-14(18-9-5-4-8-13(18)15(21)22)12-10-16-19(17-12)11-6-2-1-3-7-11/h1-3,6-7,10,13H,4-5,8-9H2,(H,21,22)/t13-/m0/s1. The fourth-order valence-electron chi connectivity index (χ4n) is 2.63. The molecule has 1 saturated heterocycles. The van der Waals surface area contributed by atoms with Gasteiger partial charge in [-0.05, 0) is 31.4 Å². The second-order valence-electron chi connectivity index (χ2n) is 5.20. The van der Waals surface area contributed by atoms with Gasteiger partial charge in [0, 0.05) is 6.54 Å². The maximum atomic E-state index is 12.5. The van der Waals surface area contributed by atoms with Gasteiger partial charge in [-0.25, -0.2) is 4.79 Å². The predicted molar refractivity (Wildman–Crippen MR) is 77.7 cm³/mol. The number of carboxylic acids is 1. The minimum atomic E-state index is -0.969. The van der Waals surface area contributed by atoms with Crippen molar-refractivity contribution < 1.29 is 14.7 Å². The minimum absolute atomic E-state index is 0.164. The topological polar surface area (TPSA) is 88.3 Å². The highest BCUT2D eigenvalue weighted by Crippen LogP contribution is 2.19. The first kappa shape index (κ1) is 14.2. The Kier molecular flexibility index (Phi) is 3.86. The molecule has 0 unspecified atom stereocenters. The van der Waals surface area contributed by atoms with Crippen LogP contribution in [0, 0.1) is 0 Å². The number of rotatable bonds is 3. The summed E-state index contributed by atoms with van der Waals surface area (Å²) in [5.74, 6) is -1.35.